The lowest BCUT2D eigenvalue weighted by Crippen LogP contribution is -2.09. The molecule has 4 heterocycles. The first kappa shape index (κ1) is 16.9. The van der Waals surface area contributed by atoms with Gasteiger partial charge in [-0.2, -0.15) is 0 Å². The molecule has 5 aromatic rings. The van der Waals surface area contributed by atoms with Crippen LogP contribution in [0.1, 0.15) is 24.1 Å². The van der Waals surface area contributed by atoms with Crippen molar-refractivity contribution in [1.29, 1.82) is 0 Å². The summed E-state index contributed by atoms with van der Waals surface area (Å²) in [4.78, 5) is 18.8. The average molecular weight is 389 g/mol. The molecule has 0 spiro atoms. The highest BCUT2D eigenvalue weighted by molar-refractivity contribution is 7.13. The molecule has 1 aromatic carbocycles. The Bertz CT molecular complexity index is 1320. The van der Waals surface area contributed by atoms with E-state index in [1.54, 1.807) is 30.1 Å². The third-order valence-electron chi connectivity index (χ3n) is 4.86. The third-order valence-corrected chi connectivity index (χ3v) is 5.93. The maximum absolute atomic E-state index is 14.8. The Kier molecular flexibility index (Phi) is 3.91. The molecule has 1 unspecified atom stereocenters. The van der Waals surface area contributed by atoms with Crippen LogP contribution in [0.4, 0.5) is 4.39 Å². The zero-order valence-corrected chi connectivity index (χ0v) is 16.1. The van der Waals surface area contributed by atoms with Gasteiger partial charge in [-0.1, -0.05) is 6.07 Å². The van der Waals surface area contributed by atoms with Gasteiger partial charge in [-0.15, -0.1) is 11.3 Å². The molecule has 0 bridgehead atoms. The number of pyridine rings is 1. The van der Waals surface area contributed by atoms with E-state index in [4.69, 9.17) is 4.98 Å². The van der Waals surface area contributed by atoms with Crippen LogP contribution < -0.4 is 0 Å². The third kappa shape index (κ3) is 2.75. The zero-order valence-electron chi connectivity index (χ0n) is 15.3. The summed E-state index contributed by atoms with van der Waals surface area (Å²) in [6.45, 7) is 3.99. The van der Waals surface area contributed by atoms with Crippen LogP contribution in [0.3, 0.4) is 0 Å². The molecule has 0 aliphatic rings. The first-order valence-electron chi connectivity index (χ1n) is 8.89. The monoisotopic (exact) mass is 389 g/mol. The minimum absolute atomic E-state index is 0.288. The highest BCUT2D eigenvalue weighted by Gasteiger charge is 2.18. The van der Waals surface area contributed by atoms with Crippen molar-refractivity contribution in [1.82, 2.24) is 24.5 Å². The Hall–Kier alpha value is -3.19. The van der Waals surface area contributed by atoms with Crippen LogP contribution in [0, 0.1) is 12.7 Å². The molecule has 28 heavy (non-hydrogen) atoms. The van der Waals surface area contributed by atoms with Crippen LogP contribution in [0.2, 0.25) is 0 Å². The second kappa shape index (κ2) is 6.45. The van der Waals surface area contributed by atoms with E-state index in [0.29, 0.717) is 22.4 Å². The zero-order chi connectivity index (χ0) is 19.3. The van der Waals surface area contributed by atoms with Gasteiger partial charge in [0.2, 0.25) is 0 Å². The van der Waals surface area contributed by atoms with E-state index < -0.39 is 0 Å². The summed E-state index contributed by atoms with van der Waals surface area (Å²) in [5.74, 6) is -0.293. The van der Waals surface area contributed by atoms with Gasteiger partial charge in [0.05, 0.1) is 29.0 Å². The summed E-state index contributed by atoms with van der Waals surface area (Å²) in [5, 5.41) is 2.98. The van der Waals surface area contributed by atoms with E-state index in [0.717, 1.165) is 16.0 Å². The molecular formula is C21H16FN5S. The van der Waals surface area contributed by atoms with Crippen molar-refractivity contribution in [3.05, 3.63) is 71.4 Å². The number of halogens is 1. The molecule has 0 radical (unpaired) electrons. The lowest BCUT2D eigenvalue weighted by Gasteiger charge is -2.16. The number of fused-ring (bicyclic) bond motifs is 2. The Morgan fingerprint density at radius 2 is 2.04 bits per heavy atom. The van der Waals surface area contributed by atoms with Crippen molar-refractivity contribution in [2.24, 2.45) is 0 Å². The summed E-state index contributed by atoms with van der Waals surface area (Å²) in [5.41, 5.74) is 4.38. The Labute approximate surface area is 164 Å². The number of aryl methyl sites for hydroxylation is 1. The van der Waals surface area contributed by atoms with E-state index in [9.17, 15) is 4.39 Å². The molecule has 0 aliphatic carbocycles. The number of nitrogens with zero attached hydrogens (tertiary/aromatic N) is 5. The molecule has 0 N–H and O–H groups in total. The lowest BCUT2D eigenvalue weighted by molar-refractivity contribution is 0.564. The number of thiophene rings is 1. The molecule has 0 fully saturated rings. The SMILES string of the molecule is Cc1csc(-c2cnc3ncn(C(C)c4cc5cccnc5cc4F)c3n2)c1. The van der Waals surface area contributed by atoms with Gasteiger partial charge in [0.15, 0.2) is 11.3 Å². The number of aromatic nitrogens is 5. The molecule has 138 valence electrons. The number of hydrogen-bond acceptors (Lipinski definition) is 5. The van der Waals surface area contributed by atoms with Crippen molar-refractivity contribution < 1.29 is 4.39 Å². The fourth-order valence-corrected chi connectivity index (χ4v) is 4.21. The van der Waals surface area contributed by atoms with E-state index in [1.807, 2.05) is 29.7 Å². The number of imidazole rings is 1. The predicted molar refractivity (Wildman–Crippen MR) is 109 cm³/mol. The molecule has 0 saturated heterocycles. The summed E-state index contributed by atoms with van der Waals surface area (Å²) >= 11 is 1.63. The predicted octanol–water partition coefficient (Wildman–Crippen LogP) is 5.16. The van der Waals surface area contributed by atoms with Crippen molar-refractivity contribution >= 4 is 33.5 Å². The molecule has 5 rings (SSSR count). The largest absolute Gasteiger partial charge is 0.306 e. The smallest absolute Gasteiger partial charge is 0.197 e. The highest BCUT2D eigenvalue weighted by atomic mass is 32.1. The van der Waals surface area contributed by atoms with Crippen LogP contribution in [0.25, 0.3) is 32.8 Å². The number of hydrogen-bond donors (Lipinski definition) is 0. The Balaban J connectivity index is 1.63. The van der Waals surface area contributed by atoms with Gasteiger partial charge >= 0.3 is 0 Å². The minimum Gasteiger partial charge on any atom is -0.306 e. The Morgan fingerprint density at radius 1 is 1.14 bits per heavy atom. The molecule has 5 nitrogen and oxygen atoms in total. The fourth-order valence-electron chi connectivity index (χ4n) is 3.36. The van der Waals surface area contributed by atoms with Crippen molar-refractivity contribution in [2.75, 3.05) is 0 Å². The van der Waals surface area contributed by atoms with Crippen molar-refractivity contribution in [2.45, 2.75) is 19.9 Å². The van der Waals surface area contributed by atoms with Crippen molar-refractivity contribution in [3.63, 3.8) is 0 Å². The van der Waals surface area contributed by atoms with E-state index in [2.05, 4.69) is 33.3 Å². The molecule has 7 heteroatoms. The second-order valence-corrected chi connectivity index (χ2v) is 7.70. The fraction of sp³-hybridized carbons (Fsp3) is 0.143. The standard InChI is InChI=1S/C21H16FN5S/c1-12-6-19(28-10-12)18-9-24-20-21(26-18)27(11-25-20)13(2)15-7-14-4-3-5-23-17(14)8-16(15)22/h3-11,13H,1-2H3. The topological polar surface area (TPSA) is 56.5 Å². The van der Waals surface area contributed by atoms with E-state index in [-0.39, 0.29) is 11.9 Å². The van der Waals surface area contributed by atoms with E-state index in [1.165, 1.54) is 11.6 Å². The maximum atomic E-state index is 14.8. The van der Waals surface area contributed by atoms with Gasteiger partial charge < -0.3 is 4.57 Å². The summed E-state index contributed by atoms with van der Waals surface area (Å²) < 4.78 is 16.7. The summed E-state index contributed by atoms with van der Waals surface area (Å²) in [6, 6.07) is 8.90. The molecule has 0 amide bonds. The second-order valence-electron chi connectivity index (χ2n) is 6.79. The number of benzene rings is 1. The molecule has 0 saturated carbocycles. The quantitative estimate of drug-likeness (QED) is 0.428. The normalized spacial score (nSPS) is 12.7. The van der Waals surface area contributed by atoms with Crippen molar-refractivity contribution in [3.8, 4) is 10.6 Å². The molecule has 0 aliphatic heterocycles. The molecule has 4 aromatic heterocycles. The molecule has 1 atom stereocenters. The van der Waals surface area contributed by atoms with Crippen LogP contribution in [-0.2, 0) is 0 Å². The minimum atomic E-state index is -0.293. The van der Waals surface area contributed by atoms with Gasteiger partial charge in [0, 0.05) is 23.2 Å². The van der Waals surface area contributed by atoms with Crippen LogP contribution in [0.15, 0.2) is 54.4 Å². The summed E-state index contributed by atoms with van der Waals surface area (Å²) in [7, 11) is 0. The first-order valence-corrected chi connectivity index (χ1v) is 9.77. The van der Waals surface area contributed by atoms with Gasteiger partial charge in [-0.05, 0) is 43.0 Å². The van der Waals surface area contributed by atoms with Gasteiger partial charge in [-0.3, -0.25) is 4.98 Å². The number of rotatable bonds is 3. The maximum Gasteiger partial charge on any atom is 0.197 e. The van der Waals surface area contributed by atoms with Gasteiger partial charge in [-0.25, -0.2) is 19.3 Å². The van der Waals surface area contributed by atoms with Crippen LogP contribution in [-0.4, -0.2) is 24.5 Å². The highest BCUT2D eigenvalue weighted by Crippen LogP contribution is 2.29. The van der Waals surface area contributed by atoms with E-state index >= 15 is 0 Å². The summed E-state index contributed by atoms with van der Waals surface area (Å²) in [6.07, 6.45) is 5.07. The van der Waals surface area contributed by atoms with Crippen LogP contribution in [0.5, 0.6) is 0 Å². The molecular weight excluding hydrogens is 373 g/mol. The van der Waals surface area contributed by atoms with Gasteiger partial charge in [0.1, 0.15) is 11.5 Å². The van der Waals surface area contributed by atoms with Crippen LogP contribution >= 0.6 is 11.3 Å². The first-order chi connectivity index (χ1) is 13.6. The average Bonchev–Trinajstić information content (AvgIpc) is 3.32. The lowest BCUT2D eigenvalue weighted by atomic mass is 10.0. The van der Waals surface area contributed by atoms with Gasteiger partial charge in [0.25, 0.3) is 0 Å². The Morgan fingerprint density at radius 3 is 2.86 bits per heavy atom.